The molecule has 0 aliphatic rings. The Balaban J connectivity index is 2.84. The predicted molar refractivity (Wildman–Crippen MR) is 53.2 cm³/mol. The van der Waals surface area contributed by atoms with E-state index in [4.69, 9.17) is 10.00 Å². The smallest absolute Gasteiger partial charge is 0.162 e. The highest BCUT2D eigenvalue weighted by Gasteiger charge is 2.09. The SMILES string of the molecule is CCCCOc1cc(C#N)c(F)cc1O. The van der Waals surface area contributed by atoms with Crippen LogP contribution in [0.1, 0.15) is 25.3 Å². The molecule has 0 saturated carbocycles. The third kappa shape index (κ3) is 2.84. The summed E-state index contributed by atoms with van der Waals surface area (Å²) in [5.41, 5.74) is -0.126. The van der Waals surface area contributed by atoms with E-state index in [2.05, 4.69) is 0 Å². The molecule has 0 radical (unpaired) electrons. The number of unbranched alkanes of at least 4 members (excludes halogenated alkanes) is 1. The van der Waals surface area contributed by atoms with Crippen molar-refractivity contribution in [1.29, 1.82) is 5.26 Å². The van der Waals surface area contributed by atoms with Crippen molar-refractivity contribution in [3.8, 4) is 17.6 Å². The van der Waals surface area contributed by atoms with Gasteiger partial charge in [0.05, 0.1) is 12.2 Å². The lowest BCUT2D eigenvalue weighted by Crippen LogP contribution is -1.98. The van der Waals surface area contributed by atoms with Crippen LogP contribution >= 0.6 is 0 Å². The molecule has 1 rings (SSSR count). The van der Waals surface area contributed by atoms with E-state index < -0.39 is 5.82 Å². The first-order chi connectivity index (χ1) is 7.19. The van der Waals surface area contributed by atoms with Crippen molar-refractivity contribution in [3.63, 3.8) is 0 Å². The van der Waals surface area contributed by atoms with Gasteiger partial charge in [0.2, 0.25) is 0 Å². The van der Waals surface area contributed by atoms with Gasteiger partial charge in [-0.2, -0.15) is 5.26 Å². The van der Waals surface area contributed by atoms with Crippen LogP contribution in [0.15, 0.2) is 12.1 Å². The Morgan fingerprint density at radius 2 is 2.27 bits per heavy atom. The quantitative estimate of drug-likeness (QED) is 0.775. The Hall–Kier alpha value is -1.76. The van der Waals surface area contributed by atoms with E-state index >= 15 is 0 Å². The van der Waals surface area contributed by atoms with E-state index in [1.54, 1.807) is 6.07 Å². The summed E-state index contributed by atoms with van der Waals surface area (Å²) in [5.74, 6) is -0.859. The summed E-state index contributed by atoms with van der Waals surface area (Å²) in [6.07, 6.45) is 1.81. The number of benzene rings is 1. The Kier molecular flexibility index (Phi) is 3.92. The van der Waals surface area contributed by atoms with E-state index in [9.17, 15) is 9.50 Å². The summed E-state index contributed by atoms with van der Waals surface area (Å²) in [6.45, 7) is 2.45. The fraction of sp³-hybridized carbons (Fsp3) is 0.364. The fourth-order valence-electron chi connectivity index (χ4n) is 1.07. The standard InChI is InChI=1S/C11H12FNO2/c1-2-3-4-15-11-5-8(7-13)9(12)6-10(11)14/h5-6,14H,2-4H2,1H3. The molecule has 0 aliphatic heterocycles. The molecule has 80 valence electrons. The third-order valence-corrected chi connectivity index (χ3v) is 1.92. The first-order valence-electron chi connectivity index (χ1n) is 4.74. The molecule has 3 nitrogen and oxygen atoms in total. The van der Waals surface area contributed by atoms with Gasteiger partial charge in [0.15, 0.2) is 11.5 Å². The maximum atomic E-state index is 13.0. The van der Waals surface area contributed by atoms with Crippen LogP contribution in [0.4, 0.5) is 4.39 Å². The van der Waals surface area contributed by atoms with Crippen molar-refractivity contribution in [3.05, 3.63) is 23.5 Å². The summed E-state index contributed by atoms with van der Waals surface area (Å²) in [5, 5.41) is 17.9. The van der Waals surface area contributed by atoms with Crippen LogP contribution in [-0.4, -0.2) is 11.7 Å². The van der Waals surface area contributed by atoms with Crippen molar-refractivity contribution in [1.82, 2.24) is 0 Å². The Morgan fingerprint density at radius 1 is 1.53 bits per heavy atom. The second kappa shape index (κ2) is 5.20. The number of phenols is 1. The zero-order chi connectivity index (χ0) is 11.3. The number of aromatic hydroxyl groups is 1. The molecule has 0 unspecified atom stereocenters. The third-order valence-electron chi connectivity index (χ3n) is 1.92. The molecule has 0 fully saturated rings. The molecule has 0 bridgehead atoms. The summed E-state index contributed by atoms with van der Waals surface area (Å²) in [6, 6.07) is 3.78. The van der Waals surface area contributed by atoms with Gasteiger partial charge < -0.3 is 9.84 Å². The molecule has 0 spiro atoms. The number of ether oxygens (including phenoxy) is 1. The van der Waals surface area contributed by atoms with Gasteiger partial charge in [-0.05, 0) is 6.42 Å². The second-order valence-electron chi connectivity index (χ2n) is 3.11. The molecule has 0 atom stereocenters. The predicted octanol–water partition coefficient (Wildman–Crippen LogP) is 2.58. The molecule has 4 heteroatoms. The van der Waals surface area contributed by atoms with E-state index in [1.807, 2.05) is 6.92 Å². The summed E-state index contributed by atoms with van der Waals surface area (Å²) in [7, 11) is 0. The van der Waals surface area contributed by atoms with Gasteiger partial charge in [-0.1, -0.05) is 13.3 Å². The summed E-state index contributed by atoms with van der Waals surface area (Å²) in [4.78, 5) is 0. The lowest BCUT2D eigenvalue weighted by Gasteiger charge is -2.07. The molecule has 0 aromatic heterocycles. The van der Waals surface area contributed by atoms with Crippen LogP contribution in [-0.2, 0) is 0 Å². The van der Waals surface area contributed by atoms with Crippen molar-refractivity contribution < 1.29 is 14.2 Å². The Morgan fingerprint density at radius 3 is 2.87 bits per heavy atom. The highest BCUT2D eigenvalue weighted by atomic mass is 19.1. The topological polar surface area (TPSA) is 53.2 Å². The van der Waals surface area contributed by atoms with Gasteiger partial charge in [0.1, 0.15) is 11.9 Å². The van der Waals surface area contributed by atoms with Crippen molar-refractivity contribution in [2.75, 3.05) is 6.61 Å². The fourth-order valence-corrected chi connectivity index (χ4v) is 1.07. The molecular formula is C11H12FNO2. The van der Waals surface area contributed by atoms with Crippen LogP contribution in [0, 0.1) is 17.1 Å². The van der Waals surface area contributed by atoms with E-state index in [0.29, 0.717) is 6.61 Å². The number of halogens is 1. The average molecular weight is 209 g/mol. The number of rotatable bonds is 4. The van der Waals surface area contributed by atoms with Gasteiger partial charge in [-0.3, -0.25) is 0 Å². The average Bonchev–Trinajstić information content (AvgIpc) is 2.21. The zero-order valence-corrected chi connectivity index (χ0v) is 8.46. The number of phenolic OH excluding ortho intramolecular Hbond substituents is 1. The van der Waals surface area contributed by atoms with Crippen molar-refractivity contribution in [2.45, 2.75) is 19.8 Å². The minimum Gasteiger partial charge on any atom is -0.504 e. The number of nitrogens with zero attached hydrogens (tertiary/aromatic N) is 1. The molecular weight excluding hydrogens is 197 g/mol. The number of hydrogen-bond donors (Lipinski definition) is 1. The summed E-state index contributed by atoms with van der Waals surface area (Å²) >= 11 is 0. The first-order valence-corrected chi connectivity index (χ1v) is 4.74. The first kappa shape index (κ1) is 11.3. The van der Waals surface area contributed by atoms with Crippen LogP contribution < -0.4 is 4.74 Å². The second-order valence-corrected chi connectivity index (χ2v) is 3.11. The highest BCUT2D eigenvalue weighted by molar-refractivity contribution is 5.46. The van der Waals surface area contributed by atoms with Gasteiger partial charge in [0.25, 0.3) is 0 Å². The molecule has 15 heavy (non-hydrogen) atoms. The van der Waals surface area contributed by atoms with Gasteiger partial charge >= 0.3 is 0 Å². The number of hydrogen-bond acceptors (Lipinski definition) is 3. The normalized spacial score (nSPS) is 9.67. The Labute approximate surface area is 87.7 Å². The minimum atomic E-state index is -0.738. The maximum Gasteiger partial charge on any atom is 0.162 e. The van der Waals surface area contributed by atoms with E-state index in [-0.39, 0.29) is 17.1 Å². The molecule has 0 heterocycles. The maximum absolute atomic E-state index is 13.0. The molecule has 0 aliphatic carbocycles. The van der Waals surface area contributed by atoms with Crippen LogP contribution in [0.3, 0.4) is 0 Å². The molecule has 0 saturated heterocycles. The lowest BCUT2D eigenvalue weighted by atomic mass is 10.2. The van der Waals surface area contributed by atoms with Gasteiger partial charge in [0, 0.05) is 12.1 Å². The lowest BCUT2D eigenvalue weighted by molar-refractivity contribution is 0.291. The molecule has 1 aromatic carbocycles. The number of nitriles is 1. The van der Waals surface area contributed by atoms with Crippen molar-refractivity contribution >= 4 is 0 Å². The zero-order valence-electron chi connectivity index (χ0n) is 8.46. The van der Waals surface area contributed by atoms with E-state index in [0.717, 1.165) is 18.9 Å². The highest BCUT2D eigenvalue weighted by Crippen LogP contribution is 2.28. The monoisotopic (exact) mass is 209 g/mol. The molecule has 0 amide bonds. The van der Waals surface area contributed by atoms with Crippen LogP contribution in [0.25, 0.3) is 0 Å². The van der Waals surface area contributed by atoms with Crippen molar-refractivity contribution in [2.24, 2.45) is 0 Å². The minimum absolute atomic E-state index is 0.126. The Bertz CT molecular complexity index is 385. The van der Waals surface area contributed by atoms with Crippen LogP contribution in [0.5, 0.6) is 11.5 Å². The van der Waals surface area contributed by atoms with E-state index in [1.165, 1.54) is 6.07 Å². The molecule has 1 aromatic rings. The van der Waals surface area contributed by atoms with Gasteiger partial charge in [-0.15, -0.1) is 0 Å². The largest absolute Gasteiger partial charge is 0.504 e. The summed E-state index contributed by atoms with van der Waals surface area (Å²) < 4.78 is 18.2. The molecule has 1 N–H and O–H groups in total. The van der Waals surface area contributed by atoms with Gasteiger partial charge in [-0.25, -0.2) is 4.39 Å². The van der Waals surface area contributed by atoms with Crippen LogP contribution in [0.2, 0.25) is 0 Å².